The minimum absolute atomic E-state index is 0.250. The molecule has 8 heteroatoms. The number of ether oxygens (including phenoxy) is 2. The largest absolute Gasteiger partial charge is 0.493 e. The van der Waals surface area contributed by atoms with Gasteiger partial charge in [0.25, 0.3) is 0 Å². The number of rotatable bonds is 6. The molecule has 2 N–H and O–H groups in total. The first-order valence-corrected chi connectivity index (χ1v) is 9.41. The molecule has 2 aromatic carbocycles. The molecule has 1 heterocycles. The number of hydrogen-bond donors (Lipinski definition) is 2. The number of methoxy groups -OCH3 is 2. The van der Waals surface area contributed by atoms with Gasteiger partial charge >= 0.3 is 0 Å². The Morgan fingerprint density at radius 2 is 1.79 bits per heavy atom. The third-order valence-corrected chi connectivity index (χ3v) is 4.74. The molecule has 6 nitrogen and oxygen atoms in total. The number of benzene rings is 2. The minimum Gasteiger partial charge on any atom is -0.493 e. The lowest BCUT2D eigenvalue weighted by Crippen LogP contribution is -2.20. The van der Waals surface area contributed by atoms with Crippen LogP contribution in [0.15, 0.2) is 42.5 Å². The van der Waals surface area contributed by atoms with E-state index in [0.717, 1.165) is 22.8 Å². The van der Waals surface area contributed by atoms with E-state index < -0.39 is 0 Å². The quantitative estimate of drug-likeness (QED) is 0.579. The van der Waals surface area contributed by atoms with Crippen LogP contribution in [0, 0.1) is 19.7 Å². The van der Waals surface area contributed by atoms with Gasteiger partial charge in [-0.25, -0.2) is 4.39 Å². The Morgan fingerprint density at radius 1 is 1.07 bits per heavy atom. The van der Waals surface area contributed by atoms with Crippen LogP contribution >= 0.6 is 12.2 Å². The summed E-state index contributed by atoms with van der Waals surface area (Å²) < 4.78 is 26.3. The summed E-state index contributed by atoms with van der Waals surface area (Å²) in [6.45, 7) is 4.14. The second-order valence-corrected chi connectivity index (χ2v) is 6.85. The first kappa shape index (κ1) is 20.6. The zero-order chi connectivity index (χ0) is 21.0. The highest BCUT2D eigenvalue weighted by Gasteiger charge is 2.14. The van der Waals surface area contributed by atoms with E-state index in [-0.39, 0.29) is 5.82 Å². The molecule has 0 aliphatic rings. The Bertz CT molecular complexity index is 1040. The van der Waals surface area contributed by atoms with Gasteiger partial charge in [0.2, 0.25) is 0 Å². The molecule has 3 rings (SSSR count). The van der Waals surface area contributed by atoms with Crippen LogP contribution < -0.4 is 20.1 Å². The van der Waals surface area contributed by atoms with Crippen molar-refractivity contribution in [3.8, 4) is 11.5 Å². The number of nitrogens with one attached hydrogen (secondary N) is 2. The van der Waals surface area contributed by atoms with Crippen LogP contribution in [0.2, 0.25) is 0 Å². The Labute approximate surface area is 174 Å². The summed E-state index contributed by atoms with van der Waals surface area (Å²) in [4.78, 5) is 0. The van der Waals surface area contributed by atoms with Crippen molar-refractivity contribution in [2.45, 2.75) is 20.4 Å². The maximum Gasteiger partial charge on any atom is 0.175 e. The average molecular weight is 415 g/mol. The summed E-state index contributed by atoms with van der Waals surface area (Å²) in [5.41, 5.74) is 3.77. The Hall–Kier alpha value is -3.13. The fourth-order valence-electron chi connectivity index (χ4n) is 3.01. The molecule has 0 spiro atoms. The van der Waals surface area contributed by atoms with Crippen molar-refractivity contribution in [3.05, 3.63) is 65.2 Å². The van der Waals surface area contributed by atoms with Crippen molar-refractivity contribution in [1.82, 2.24) is 9.78 Å². The third kappa shape index (κ3) is 4.65. The summed E-state index contributed by atoms with van der Waals surface area (Å²) in [7, 11) is 3.16. The van der Waals surface area contributed by atoms with Crippen LogP contribution in [-0.2, 0) is 6.54 Å². The monoisotopic (exact) mass is 414 g/mol. The normalized spacial score (nSPS) is 10.5. The smallest absolute Gasteiger partial charge is 0.175 e. The summed E-state index contributed by atoms with van der Waals surface area (Å²) in [6.07, 6.45) is 0. The molecule has 3 aromatic rings. The third-order valence-electron chi connectivity index (χ3n) is 4.54. The summed E-state index contributed by atoms with van der Waals surface area (Å²) in [6, 6.07) is 12.1. The second-order valence-electron chi connectivity index (χ2n) is 6.44. The first-order valence-electron chi connectivity index (χ1n) is 9.00. The molecule has 1 aromatic heterocycles. The van der Waals surface area contributed by atoms with Gasteiger partial charge in [0, 0.05) is 17.3 Å². The van der Waals surface area contributed by atoms with Crippen molar-refractivity contribution in [3.63, 3.8) is 0 Å². The minimum atomic E-state index is -0.250. The van der Waals surface area contributed by atoms with Gasteiger partial charge in [-0.05, 0) is 44.3 Å². The summed E-state index contributed by atoms with van der Waals surface area (Å²) >= 11 is 5.45. The van der Waals surface area contributed by atoms with E-state index in [2.05, 4.69) is 15.7 Å². The number of thiocarbonyl (C=S) groups is 1. The molecule has 0 aliphatic heterocycles. The zero-order valence-corrected chi connectivity index (χ0v) is 17.6. The molecular formula is C21H23FN4O2S. The van der Waals surface area contributed by atoms with Gasteiger partial charge in [0.1, 0.15) is 5.82 Å². The molecule has 0 saturated carbocycles. The maximum atomic E-state index is 14.0. The molecule has 0 aliphatic carbocycles. The number of anilines is 2. The lowest BCUT2D eigenvalue weighted by Gasteiger charge is -2.13. The van der Waals surface area contributed by atoms with Crippen LogP contribution in [0.3, 0.4) is 0 Å². The van der Waals surface area contributed by atoms with Gasteiger partial charge < -0.3 is 20.1 Å². The molecule has 0 amide bonds. The fraction of sp³-hybridized carbons (Fsp3) is 0.238. The second kappa shape index (κ2) is 8.91. The lowest BCUT2D eigenvalue weighted by atomic mass is 10.2. The van der Waals surface area contributed by atoms with Crippen LogP contribution in [0.1, 0.15) is 17.0 Å². The SMILES string of the molecule is COc1ccc(NC(=S)Nc2c(C)nn(Cc3ccccc3F)c2C)cc1OC. The molecule has 0 fully saturated rings. The van der Waals surface area contributed by atoms with Gasteiger partial charge in [0.15, 0.2) is 16.6 Å². The van der Waals surface area contributed by atoms with Crippen molar-refractivity contribution in [2.24, 2.45) is 0 Å². The number of hydrogen-bond acceptors (Lipinski definition) is 4. The van der Waals surface area contributed by atoms with Crippen molar-refractivity contribution >= 4 is 28.7 Å². The Balaban J connectivity index is 1.74. The standard InChI is InChI=1S/C21H23FN4O2S/c1-13-20(14(2)26(25-13)12-15-7-5-6-8-17(15)22)24-21(29)23-16-9-10-18(27-3)19(11-16)28-4/h5-11H,12H2,1-4H3,(H2,23,24,29). The van der Waals surface area contributed by atoms with Crippen molar-refractivity contribution in [1.29, 1.82) is 0 Å². The average Bonchev–Trinajstić information content (AvgIpc) is 2.97. The number of nitrogens with zero attached hydrogens (tertiary/aromatic N) is 2. The van der Waals surface area contributed by atoms with E-state index in [0.29, 0.717) is 28.7 Å². The topological polar surface area (TPSA) is 60.3 Å². The van der Waals surface area contributed by atoms with Crippen LogP contribution in [-0.4, -0.2) is 29.1 Å². The summed E-state index contributed by atoms with van der Waals surface area (Å²) in [5.74, 6) is 0.989. The number of aryl methyl sites for hydroxylation is 1. The summed E-state index contributed by atoms with van der Waals surface area (Å²) in [5, 5.41) is 11.2. The molecule has 152 valence electrons. The molecular weight excluding hydrogens is 391 g/mol. The van der Waals surface area contributed by atoms with Crippen LogP contribution in [0.25, 0.3) is 0 Å². The van der Waals surface area contributed by atoms with Gasteiger partial charge in [0.05, 0.1) is 37.8 Å². The predicted molar refractivity (Wildman–Crippen MR) is 117 cm³/mol. The molecule has 29 heavy (non-hydrogen) atoms. The number of halogens is 1. The molecule has 0 unspecified atom stereocenters. The highest BCUT2D eigenvalue weighted by Crippen LogP contribution is 2.30. The van der Waals surface area contributed by atoms with Gasteiger partial charge in [-0.2, -0.15) is 5.10 Å². The molecule has 0 radical (unpaired) electrons. The van der Waals surface area contributed by atoms with E-state index in [1.807, 2.05) is 26.0 Å². The van der Waals surface area contributed by atoms with Crippen LogP contribution in [0.4, 0.5) is 15.8 Å². The van der Waals surface area contributed by atoms with Crippen molar-refractivity contribution < 1.29 is 13.9 Å². The Kier molecular flexibility index (Phi) is 6.33. The fourth-order valence-corrected chi connectivity index (χ4v) is 3.23. The highest BCUT2D eigenvalue weighted by molar-refractivity contribution is 7.80. The lowest BCUT2D eigenvalue weighted by molar-refractivity contribution is 0.355. The van der Waals surface area contributed by atoms with Crippen molar-refractivity contribution in [2.75, 3.05) is 24.9 Å². The first-order chi connectivity index (χ1) is 13.9. The number of aromatic nitrogens is 2. The zero-order valence-electron chi connectivity index (χ0n) is 16.7. The van der Waals surface area contributed by atoms with Gasteiger partial charge in [-0.3, -0.25) is 4.68 Å². The Morgan fingerprint density at radius 3 is 2.48 bits per heavy atom. The predicted octanol–water partition coefficient (Wildman–Crippen LogP) is 4.51. The van der Waals surface area contributed by atoms with E-state index in [1.165, 1.54) is 6.07 Å². The van der Waals surface area contributed by atoms with E-state index in [4.69, 9.17) is 21.7 Å². The molecule has 0 bridgehead atoms. The molecule has 0 saturated heterocycles. The van der Waals surface area contributed by atoms with E-state index in [1.54, 1.807) is 43.2 Å². The molecule has 0 atom stereocenters. The highest BCUT2D eigenvalue weighted by atomic mass is 32.1. The van der Waals surface area contributed by atoms with Crippen LogP contribution in [0.5, 0.6) is 11.5 Å². The van der Waals surface area contributed by atoms with Gasteiger partial charge in [-0.1, -0.05) is 18.2 Å². The van der Waals surface area contributed by atoms with E-state index >= 15 is 0 Å². The maximum absolute atomic E-state index is 14.0. The van der Waals surface area contributed by atoms with Gasteiger partial charge in [-0.15, -0.1) is 0 Å². The van der Waals surface area contributed by atoms with E-state index in [9.17, 15) is 4.39 Å².